The van der Waals surface area contributed by atoms with Crippen molar-refractivity contribution >= 4 is 45.1 Å². The van der Waals surface area contributed by atoms with Crippen molar-refractivity contribution in [3.05, 3.63) is 62.6 Å². The highest BCUT2D eigenvalue weighted by Crippen LogP contribution is 2.25. The van der Waals surface area contributed by atoms with Gasteiger partial charge in [-0.15, -0.1) is 0 Å². The quantitative estimate of drug-likeness (QED) is 0.846. The molecule has 0 aliphatic rings. The molecule has 108 valence electrons. The summed E-state index contributed by atoms with van der Waals surface area (Å²) in [7, 11) is 0. The number of carbonyl (C=O) groups excluding carboxylic acids is 1. The second-order valence-electron chi connectivity index (χ2n) is 4.38. The summed E-state index contributed by atoms with van der Waals surface area (Å²) in [6.07, 6.45) is 0. The molecule has 0 saturated carbocycles. The van der Waals surface area contributed by atoms with Gasteiger partial charge in [0.05, 0.1) is 10.7 Å². The molecule has 2 aromatic rings. The van der Waals surface area contributed by atoms with Crippen LogP contribution in [0.3, 0.4) is 0 Å². The predicted molar refractivity (Wildman–Crippen MR) is 85.2 cm³/mol. The van der Waals surface area contributed by atoms with Crippen LogP contribution < -0.4 is 5.32 Å². The molecular formula is C15H11BrClNO3. The zero-order valence-corrected chi connectivity index (χ0v) is 13.3. The van der Waals surface area contributed by atoms with Crippen LogP contribution in [0.4, 0.5) is 5.69 Å². The molecule has 0 aliphatic carbocycles. The molecule has 0 spiro atoms. The van der Waals surface area contributed by atoms with Crippen LogP contribution >= 0.6 is 27.5 Å². The second kappa shape index (κ2) is 6.28. The van der Waals surface area contributed by atoms with Gasteiger partial charge in [-0.3, -0.25) is 4.79 Å². The van der Waals surface area contributed by atoms with Crippen molar-refractivity contribution < 1.29 is 14.7 Å². The van der Waals surface area contributed by atoms with Crippen molar-refractivity contribution in [1.29, 1.82) is 0 Å². The molecule has 6 heteroatoms. The molecule has 4 nitrogen and oxygen atoms in total. The summed E-state index contributed by atoms with van der Waals surface area (Å²) in [6.45, 7) is 1.80. The van der Waals surface area contributed by atoms with Crippen LogP contribution in [0, 0.1) is 6.92 Å². The van der Waals surface area contributed by atoms with Crippen LogP contribution in [-0.2, 0) is 0 Å². The smallest absolute Gasteiger partial charge is 0.339 e. The van der Waals surface area contributed by atoms with Crippen LogP contribution in [-0.4, -0.2) is 17.0 Å². The molecule has 0 aliphatic heterocycles. The molecule has 0 atom stereocenters. The van der Waals surface area contributed by atoms with E-state index in [4.69, 9.17) is 11.6 Å². The monoisotopic (exact) mass is 367 g/mol. The molecular weight excluding hydrogens is 358 g/mol. The minimum Gasteiger partial charge on any atom is -0.478 e. The number of halogens is 2. The van der Waals surface area contributed by atoms with Gasteiger partial charge in [0.15, 0.2) is 0 Å². The topological polar surface area (TPSA) is 66.4 Å². The molecule has 0 radical (unpaired) electrons. The van der Waals surface area contributed by atoms with Crippen LogP contribution in [0.15, 0.2) is 40.9 Å². The Morgan fingerprint density at radius 3 is 2.57 bits per heavy atom. The van der Waals surface area contributed by atoms with E-state index in [1.54, 1.807) is 25.1 Å². The third kappa shape index (κ3) is 3.43. The number of amides is 1. The van der Waals surface area contributed by atoms with Gasteiger partial charge in [-0.05, 0) is 42.8 Å². The van der Waals surface area contributed by atoms with Crippen molar-refractivity contribution in [1.82, 2.24) is 0 Å². The van der Waals surface area contributed by atoms with E-state index in [0.717, 1.165) is 10.0 Å². The van der Waals surface area contributed by atoms with Gasteiger partial charge in [0.25, 0.3) is 5.91 Å². The van der Waals surface area contributed by atoms with Crippen molar-refractivity contribution in [2.45, 2.75) is 6.92 Å². The summed E-state index contributed by atoms with van der Waals surface area (Å²) in [4.78, 5) is 23.5. The molecule has 21 heavy (non-hydrogen) atoms. The zero-order valence-electron chi connectivity index (χ0n) is 11.0. The molecule has 0 heterocycles. The molecule has 2 aromatic carbocycles. The Morgan fingerprint density at radius 1 is 1.24 bits per heavy atom. The number of benzene rings is 2. The molecule has 0 bridgehead atoms. The zero-order chi connectivity index (χ0) is 15.6. The van der Waals surface area contributed by atoms with E-state index in [1.165, 1.54) is 12.1 Å². The number of carboxylic acid groups (broad SMARTS) is 1. The van der Waals surface area contributed by atoms with Gasteiger partial charge in [0, 0.05) is 10.0 Å². The molecule has 0 fully saturated rings. The number of nitrogens with one attached hydrogen (secondary N) is 1. The molecule has 2 rings (SSSR count). The SMILES string of the molecule is Cc1cc(Br)ccc1C(=O)Nc1cccc(Cl)c1C(=O)O. The number of anilines is 1. The summed E-state index contributed by atoms with van der Waals surface area (Å²) in [5, 5.41) is 11.8. The Morgan fingerprint density at radius 2 is 1.95 bits per heavy atom. The second-order valence-corrected chi connectivity index (χ2v) is 5.70. The molecule has 1 amide bonds. The first-order valence-electron chi connectivity index (χ1n) is 5.99. The summed E-state index contributed by atoms with van der Waals surface area (Å²) < 4.78 is 0.866. The van der Waals surface area contributed by atoms with Gasteiger partial charge in [-0.25, -0.2) is 4.79 Å². The maximum atomic E-state index is 12.3. The third-order valence-electron chi connectivity index (χ3n) is 2.91. The maximum absolute atomic E-state index is 12.3. The van der Waals surface area contributed by atoms with Crippen molar-refractivity contribution in [2.24, 2.45) is 0 Å². The minimum atomic E-state index is -1.19. The Kier molecular flexibility index (Phi) is 4.65. The lowest BCUT2D eigenvalue weighted by molar-refractivity contribution is 0.0698. The fourth-order valence-electron chi connectivity index (χ4n) is 1.92. The largest absolute Gasteiger partial charge is 0.478 e. The lowest BCUT2D eigenvalue weighted by Gasteiger charge is -2.11. The van der Waals surface area contributed by atoms with E-state index < -0.39 is 5.97 Å². The summed E-state index contributed by atoms with van der Waals surface area (Å²) >= 11 is 9.19. The highest BCUT2D eigenvalue weighted by atomic mass is 79.9. The Labute approximate surface area is 134 Å². The number of aromatic carboxylic acids is 1. The van der Waals surface area contributed by atoms with Crippen LogP contribution in [0.1, 0.15) is 26.3 Å². The number of rotatable bonds is 3. The standard InChI is InChI=1S/C15H11BrClNO3/c1-8-7-9(16)5-6-10(8)14(19)18-12-4-2-3-11(17)13(12)15(20)21/h2-7H,1H3,(H,18,19)(H,20,21). The number of hydrogen-bond donors (Lipinski definition) is 2. The first-order valence-corrected chi connectivity index (χ1v) is 7.16. The number of aryl methyl sites for hydroxylation is 1. The van der Waals surface area contributed by atoms with E-state index in [1.807, 2.05) is 6.07 Å². The lowest BCUT2D eigenvalue weighted by atomic mass is 10.1. The van der Waals surface area contributed by atoms with Gasteiger partial charge >= 0.3 is 5.97 Å². The molecule has 2 N–H and O–H groups in total. The van der Waals surface area contributed by atoms with E-state index in [2.05, 4.69) is 21.2 Å². The van der Waals surface area contributed by atoms with Crippen LogP contribution in [0.2, 0.25) is 5.02 Å². The van der Waals surface area contributed by atoms with Crippen molar-refractivity contribution in [3.63, 3.8) is 0 Å². The van der Waals surface area contributed by atoms with Crippen LogP contribution in [0.25, 0.3) is 0 Å². The van der Waals surface area contributed by atoms with Gasteiger partial charge < -0.3 is 10.4 Å². The highest BCUT2D eigenvalue weighted by molar-refractivity contribution is 9.10. The average Bonchev–Trinajstić information content (AvgIpc) is 2.37. The molecule has 0 aromatic heterocycles. The Balaban J connectivity index is 2.36. The Hall–Kier alpha value is -1.85. The maximum Gasteiger partial charge on any atom is 0.339 e. The fraction of sp³-hybridized carbons (Fsp3) is 0.0667. The minimum absolute atomic E-state index is 0.0767. The normalized spacial score (nSPS) is 10.2. The van der Waals surface area contributed by atoms with Gasteiger partial charge in [0.2, 0.25) is 0 Å². The third-order valence-corrected chi connectivity index (χ3v) is 3.72. The summed E-state index contributed by atoms with van der Waals surface area (Å²) in [5.74, 6) is -1.58. The average molecular weight is 369 g/mol. The molecule has 0 unspecified atom stereocenters. The summed E-state index contributed by atoms with van der Waals surface area (Å²) in [5.41, 5.74) is 1.29. The van der Waals surface area contributed by atoms with Gasteiger partial charge in [0.1, 0.15) is 5.56 Å². The van der Waals surface area contributed by atoms with E-state index >= 15 is 0 Å². The summed E-state index contributed by atoms with van der Waals surface area (Å²) in [6, 6.07) is 9.77. The van der Waals surface area contributed by atoms with Crippen molar-refractivity contribution in [2.75, 3.05) is 5.32 Å². The first kappa shape index (κ1) is 15.5. The van der Waals surface area contributed by atoms with Crippen molar-refractivity contribution in [3.8, 4) is 0 Å². The Bertz CT molecular complexity index is 731. The highest BCUT2D eigenvalue weighted by Gasteiger charge is 2.17. The first-order chi connectivity index (χ1) is 9.90. The number of hydrogen-bond acceptors (Lipinski definition) is 2. The van der Waals surface area contributed by atoms with E-state index in [-0.39, 0.29) is 22.2 Å². The predicted octanol–water partition coefficient (Wildman–Crippen LogP) is 4.36. The van der Waals surface area contributed by atoms with E-state index in [9.17, 15) is 14.7 Å². The number of carbonyl (C=O) groups is 2. The van der Waals surface area contributed by atoms with Gasteiger partial charge in [-0.2, -0.15) is 0 Å². The van der Waals surface area contributed by atoms with Crippen LogP contribution in [0.5, 0.6) is 0 Å². The van der Waals surface area contributed by atoms with Gasteiger partial charge in [-0.1, -0.05) is 33.6 Å². The number of carboxylic acids is 1. The lowest BCUT2D eigenvalue weighted by Crippen LogP contribution is -2.16. The van der Waals surface area contributed by atoms with E-state index in [0.29, 0.717) is 5.56 Å². The fourth-order valence-corrected chi connectivity index (χ4v) is 2.65. The molecule has 0 saturated heterocycles.